The van der Waals surface area contributed by atoms with Gasteiger partial charge in [0, 0.05) is 31.1 Å². The van der Waals surface area contributed by atoms with Crippen molar-refractivity contribution in [2.45, 2.75) is 63.7 Å². The lowest BCUT2D eigenvalue weighted by Gasteiger charge is -2.60. The Labute approximate surface area is 170 Å². The van der Waals surface area contributed by atoms with Gasteiger partial charge in [0.1, 0.15) is 6.04 Å². The van der Waals surface area contributed by atoms with Crippen LogP contribution in [0.4, 0.5) is 0 Å². The number of piperidine rings is 1. The van der Waals surface area contributed by atoms with E-state index in [0.29, 0.717) is 42.4 Å². The highest BCUT2D eigenvalue weighted by molar-refractivity contribution is 6.05. The topological polar surface area (TPSA) is 105 Å². The summed E-state index contributed by atoms with van der Waals surface area (Å²) in [7, 11) is 0. The van der Waals surface area contributed by atoms with Crippen molar-refractivity contribution in [1.82, 2.24) is 15.5 Å². The van der Waals surface area contributed by atoms with Gasteiger partial charge in [-0.05, 0) is 54.7 Å². The molecule has 7 nitrogen and oxygen atoms in total. The first-order chi connectivity index (χ1) is 14.0. The van der Waals surface area contributed by atoms with E-state index >= 15 is 0 Å². The minimum atomic E-state index is -0.566. The summed E-state index contributed by atoms with van der Waals surface area (Å²) in [6.45, 7) is 2.00. The summed E-state index contributed by atoms with van der Waals surface area (Å²) in [5.74, 6) is -0.0962. The summed E-state index contributed by atoms with van der Waals surface area (Å²) in [4.78, 5) is 38.4. The summed E-state index contributed by atoms with van der Waals surface area (Å²) in [5, 5.41) is 5.91. The summed E-state index contributed by atoms with van der Waals surface area (Å²) < 4.78 is 0. The molecule has 3 amide bonds. The van der Waals surface area contributed by atoms with Gasteiger partial charge in [-0.3, -0.25) is 19.7 Å². The number of carbonyl (C=O) groups is 3. The van der Waals surface area contributed by atoms with Crippen molar-refractivity contribution in [1.29, 1.82) is 0 Å². The molecule has 0 radical (unpaired) electrons. The maximum atomic E-state index is 13.1. The first kappa shape index (κ1) is 18.8. The van der Waals surface area contributed by atoms with Crippen LogP contribution in [0.3, 0.4) is 0 Å². The number of benzene rings is 1. The molecule has 2 aliphatic carbocycles. The molecule has 1 saturated heterocycles. The number of hydrogen-bond acceptors (Lipinski definition) is 5. The molecule has 0 aromatic heterocycles. The molecule has 3 unspecified atom stereocenters. The van der Waals surface area contributed by atoms with E-state index in [1.54, 1.807) is 4.90 Å². The highest BCUT2D eigenvalue weighted by atomic mass is 16.2. The number of amides is 3. The van der Waals surface area contributed by atoms with Crippen molar-refractivity contribution in [3.05, 3.63) is 34.9 Å². The quantitative estimate of drug-likeness (QED) is 0.646. The van der Waals surface area contributed by atoms with E-state index in [0.717, 1.165) is 24.1 Å². The molecule has 4 aliphatic rings. The normalized spacial score (nSPS) is 30.0. The van der Waals surface area contributed by atoms with Crippen molar-refractivity contribution in [3.63, 3.8) is 0 Å². The van der Waals surface area contributed by atoms with Crippen LogP contribution in [-0.2, 0) is 22.7 Å². The molecule has 4 N–H and O–H groups in total. The van der Waals surface area contributed by atoms with Crippen LogP contribution in [-0.4, -0.2) is 41.2 Å². The molecule has 0 bridgehead atoms. The van der Waals surface area contributed by atoms with Crippen molar-refractivity contribution in [2.75, 3.05) is 6.54 Å². The van der Waals surface area contributed by atoms with Gasteiger partial charge >= 0.3 is 0 Å². The van der Waals surface area contributed by atoms with Gasteiger partial charge < -0.3 is 16.0 Å². The molecule has 3 fully saturated rings. The predicted octanol–water partition coefficient (Wildman–Crippen LogP) is 1.05. The zero-order valence-corrected chi connectivity index (χ0v) is 16.6. The maximum absolute atomic E-state index is 13.1. The highest BCUT2D eigenvalue weighted by Gasteiger charge is 2.55. The van der Waals surface area contributed by atoms with E-state index in [9.17, 15) is 14.4 Å². The Morgan fingerprint density at radius 3 is 2.76 bits per heavy atom. The van der Waals surface area contributed by atoms with Crippen LogP contribution in [0.15, 0.2) is 18.2 Å². The molecule has 29 heavy (non-hydrogen) atoms. The van der Waals surface area contributed by atoms with Crippen LogP contribution in [0, 0.1) is 11.3 Å². The second kappa shape index (κ2) is 6.92. The van der Waals surface area contributed by atoms with Crippen LogP contribution in [0.1, 0.15) is 60.0 Å². The lowest BCUT2D eigenvalue weighted by Crippen LogP contribution is -2.63. The van der Waals surface area contributed by atoms with Crippen LogP contribution < -0.4 is 16.4 Å². The largest absolute Gasteiger partial charge is 0.327 e. The first-order valence-electron chi connectivity index (χ1n) is 10.7. The van der Waals surface area contributed by atoms with E-state index in [4.69, 9.17) is 5.73 Å². The highest BCUT2D eigenvalue weighted by Crippen LogP contribution is 2.58. The number of carbonyl (C=O) groups excluding carboxylic acids is 3. The van der Waals surface area contributed by atoms with Crippen LogP contribution in [0.25, 0.3) is 0 Å². The van der Waals surface area contributed by atoms with Gasteiger partial charge in [-0.15, -0.1) is 0 Å². The average molecular weight is 396 g/mol. The molecule has 7 heteroatoms. The van der Waals surface area contributed by atoms with Gasteiger partial charge in [0.25, 0.3) is 5.91 Å². The zero-order valence-electron chi connectivity index (χ0n) is 16.6. The van der Waals surface area contributed by atoms with Gasteiger partial charge in [0.15, 0.2) is 0 Å². The maximum Gasteiger partial charge on any atom is 0.255 e. The second-order valence-electron chi connectivity index (χ2n) is 9.11. The third-order valence-corrected chi connectivity index (χ3v) is 7.72. The molecule has 2 heterocycles. The summed E-state index contributed by atoms with van der Waals surface area (Å²) in [6, 6.07) is 5.71. The SMILES string of the molecule is NC1CC(CNCc2cccc3c2C(=O)N(C2CCC(=O)NC2=O)C3)C12CCC2. The van der Waals surface area contributed by atoms with Crippen LogP contribution in [0.2, 0.25) is 0 Å². The van der Waals surface area contributed by atoms with Crippen molar-refractivity contribution in [3.8, 4) is 0 Å². The van der Waals surface area contributed by atoms with Crippen molar-refractivity contribution in [2.24, 2.45) is 17.1 Å². The van der Waals surface area contributed by atoms with E-state index in [1.165, 1.54) is 19.3 Å². The Bertz CT molecular complexity index is 879. The Kier molecular flexibility index (Phi) is 4.47. The summed E-state index contributed by atoms with van der Waals surface area (Å²) in [6.07, 6.45) is 5.54. The zero-order chi connectivity index (χ0) is 20.2. The molecule has 3 atom stereocenters. The number of hydrogen-bond donors (Lipinski definition) is 3. The minimum Gasteiger partial charge on any atom is -0.327 e. The lowest BCUT2D eigenvalue weighted by atomic mass is 9.47. The lowest BCUT2D eigenvalue weighted by molar-refractivity contribution is -0.136. The van der Waals surface area contributed by atoms with Gasteiger partial charge in [0.2, 0.25) is 11.8 Å². The Hall–Kier alpha value is -2.25. The van der Waals surface area contributed by atoms with E-state index in [1.807, 2.05) is 18.2 Å². The third-order valence-electron chi connectivity index (χ3n) is 7.72. The summed E-state index contributed by atoms with van der Waals surface area (Å²) >= 11 is 0. The van der Waals surface area contributed by atoms with Gasteiger partial charge in [-0.1, -0.05) is 24.6 Å². The average Bonchev–Trinajstić information content (AvgIpc) is 2.97. The van der Waals surface area contributed by atoms with Crippen molar-refractivity contribution < 1.29 is 14.4 Å². The van der Waals surface area contributed by atoms with Gasteiger partial charge in [-0.2, -0.15) is 0 Å². The van der Waals surface area contributed by atoms with Crippen LogP contribution in [0.5, 0.6) is 0 Å². The molecular formula is C22H28N4O3. The molecule has 1 aromatic carbocycles. The second-order valence-corrected chi connectivity index (χ2v) is 9.11. The fourth-order valence-corrected chi connectivity index (χ4v) is 5.79. The number of nitrogens with zero attached hydrogens (tertiary/aromatic N) is 1. The van der Waals surface area contributed by atoms with Crippen LogP contribution >= 0.6 is 0 Å². The Morgan fingerprint density at radius 1 is 1.24 bits per heavy atom. The summed E-state index contributed by atoms with van der Waals surface area (Å²) in [5.41, 5.74) is 9.28. The van der Waals surface area contributed by atoms with Gasteiger partial charge in [0.05, 0.1) is 0 Å². The number of imide groups is 1. The first-order valence-corrected chi connectivity index (χ1v) is 10.7. The monoisotopic (exact) mass is 396 g/mol. The minimum absolute atomic E-state index is 0.104. The van der Waals surface area contributed by atoms with E-state index in [2.05, 4.69) is 10.6 Å². The fraction of sp³-hybridized carbons (Fsp3) is 0.591. The molecule has 154 valence electrons. The Balaban J connectivity index is 1.25. The Morgan fingerprint density at radius 2 is 2.07 bits per heavy atom. The predicted molar refractivity (Wildman–Crippen MR) is 107 cm³/mol. The molecule has 2 aliphatic heterocycles. The number of nitrogens with two attached hydrogens (primary N) is 1. The molecule has 2 saturated carbocycles. The van der Waals surface area contributed by atoms with E-state index in [-0.39, 0.29) is 24.1 Å². The molecular weight excluding hydrogens is 368 g/mol. The number of fused-ring (bicyclic) bond motifs is 1. The standard InChI is InChI=1S/C22H28N4O3/c23-17-9-15(22(17)7-2-8-22)11-24-10-13-3-1-4-14-12-26(21(29)19(13)14)16-5-6-18(27)25-20(16)28/h1,3-4,15-17,24H,2,5-12,23H2,(H,25,27,28). The van der Waals surface area contributed by atoms with Gasteiger partial charge in [-0.25, -0.2) is 0 Å². The number of rotatable bonds is 5. The smallest absolute Gasteiger partial charge is 0.255 e. The third kappa shape index (κ3) is 2.90. The van der Waals surface area contributed by atoms with E-state index < -0.39 is 6.04 Å². The number of nitrogens with one attached hydrogen (secondary N) is 2. The fourth-order valence-electron chi connectivity index (χ4n) is 5.79. The molecule has 1 spiro atoms. The molecule has 1 aromatic rings. The molecule has 5 rings (SSSR count). The van der Waals surface area contributed by atoms with Crippen molar-refractivity contribution >= 4 is 17.7 Å².